The van der Waals surface area contributed by atoms with Crippen molar-refractivity contribution in [2.24, 2.45) is 11.8 Å². The lowest BCUT2D eigenvalue weighted by Gasteiger charge is -2.37. The number of carboxylic acids is 1. The maximum atomic E-state index is 12.7. The van der Waals surface area contributed by atoms with Crippen molar-refractivity contribution in [1.29, 1.82) is 0 Å². The van der Waals surface area contributed by atoms with Gasteiger partial charge in [0.25, 0.3) is 5.91 Å². The minimum atomic E-state index is -0.867. The van der Waals surface area contributed by atoms with E-state index in [4.69, 9.17) is 16.3 Å². The Labute approximate surface area is 146 Å². The van der Waals surface area contributed by atoms with Crippen molar-refractivity contribution in [2.75, 3.05) is 13.2 Å². The molecular weight excluding hydrogens is 332 g/mol. The van der Waals surface area contributed by atoms with Crippen LogP contribution in [-0.4, -0.2) is 46.1 Å². The number of halogens is 1. The van der Waals surface area contributed by atoms with Crippen LogP contribution in [0.3, 0.4) is 0 Å². The third-order valence-electron chi connectivity index (χ3n) is 4.17. The van der Waals surface area contributed by atoms with Crippen molar-refractivity contribution in [3.05, 3.63) is 22.8 Å². The number of amides is 1. The first-order chi connectivity index (χ1) is 11.3. The molecule has 0 saturated carbocycles. The summed E-state index contributed by atoms with van der Waals surface area (Å²) in [5, 5.41) is 9.55. The Kier molecular flexibility index (Phi) is 6.04. The lowest BCUT2D eigenvalue weighted by molar-refractivity contribution is -0.144. The number of carbonyl (C=O) groups excluding carboxylic acids is 1. The van der Waals surface area contributed by atoms with E-state index in [1.165, 1.54) is 12.3 Å². The molecule has 0 aliphatic carbocycles. The van der Waals surface area contributed by atoms with Gasteiger partial charge >= 0.3 is 5.97 Å². The first-order valence-corrected chi connectivity index (χ1v) is 8.51. The third kappa shape index (κ3) is 4.17. The van der Waals surface area contributed by atoms with Gasteiger partial charge < -0.3 is 14.7 Å². The zero-order valence-corrected chi connectivity index (χ0v) is 14.9. The zero-order valence-electron chi connectivity index (χ0n) is 14.2. The molecule has 2 atom stereocenters. The van der Waals surface area contributed by atoms with Gasteiger partial charge in [0, 0.05) is 18.8 Å². The summed E-state index contributed by atoms with van der Waals surface area (Å²) >= 11 is 6.16. The van der Waals surface area contributed by atoms with Crippen LogP contribution in [0.5, 0.6) is 5.88 Å². The molecule has 0 spiro atoms. The highest BCUT2D eigenvalue weighted by Crippen LogP contribution is 2.28. The minimum Gasteiger partial charge on any atom is -0.481 e. The van der Waals surface area contributed by atoms with Crippen molar-refractivity contribution >= 4 is 23.5 Å². The van der Waals surface area contributed by atoms with E-state index in [2.05, 4.69) is 4.98 Å². The van der Waals surface area contributed by atoms with Gasteiger partial charge in [-0.3, -0.25) is 9.59 Å². The molecule has 1 amide bonds. The fourth-order valence-electron chi connectivity index (χ4n) is 2.82. The summed E-state index contributed by atoms with van der Waals surface area (Å²) in [6, 6.07) is 1.17. The Morgan fingerprint density at radius 2 is 2.21 bits per heavy atom. The average Bonchev–Trinajstić information content (AvgIpc) is 2.52. The summed E-state index contributed by atoms with van der Waals surface area (Å²) in [7, 11) is 0. The Bertz CT molecular complexity index is 621. The molecule has 1 aliphatic rings. The van der Waals surface area contributed by atoms with Gasteiger partial charge in [-0.2, -0.15) is 0 Å². The predicted octanol–water partition coefficient (Wildman–Crippen LogP) is 3.10. The number of carbonyl (C=O) groups is 2. The number of nitrogens with zero attached hydrogens (tertiary/aromatic N) is 2. The van der Waals surface area contributed by atoms with Crippen LogP contribution in [0, 0.1) is 11.8 Å². The summed E-state index contributed by atoms with van der Waals surface area (Å²) in [4.78, 5) is 29.7. The first kappa shape index (κ1) is 18.5. The Balaban J connectivity index is 2.14. The van der Waals surface area contributed by atoms with Gasteiger partial charge in [-0.05, 0) is 31.7 Å². The fraction of sp³-hybridized carbons (Fsp3) is 0.588. The second-order valence-electron chi connectivity index (χ2n) is 6.54. The van der Waals surface area contributed by atoms with E-state index in [9.17, 15) is 14.7 Å². The largest absolute Gasteiger partial charge is 0.481 e. The lowest BCUT2D eigenvalue weighted by Crippen LogP contribution is -2.49. The molecule has 2 rings (SSSR count). The molecule has 1 aliphatic heterocycles. The quantitative estimate of drug-likeness (QED) is 0.878. The molecule has 0 radical (unpaired) electrons. The zero-order chi connectivity index (χ0) is 17.9. The summed E-state index contributed by atoms with van der Waals surface area (Å²) in [5.74, 6) is -1.02. The number of carboxylic acid groups (broad SMARTS) is 1. The van der Waals surface area contributed by atoms with Crippen LogP contribution < -0.4 is 4.74 Å². The number of rotatable bonds is 5. The number of likely N-dealkylation sites (tertiary alicyclic amines) is 1. The van der Waals surface area contributed by atoms with E-state index >= 15 is 0 Å². The summed E-state index contributed by atoms with van der Waals surface area (Å²) in [5.41, 5.74) is 0.342. The van der Waals surface area contributed by atoms with Crippen LogP contribution in [0.1, 0.15) is 44.0 Å². The van der Waals surface area contributed by atoms with E-state index < -0.39 is 11.9 Å². The van der Waals surface area contributed by atoms with E-state index in [1.807, 2.05) is 13.8 Å². The number of hydrogen-bond donors (Lipinski definition) is 1. The minimum absolute atomic E-state index is 0.252. The molecule has 1 aromatic heterocycles. The Morgan fingerprint density at radius 1 is 1.50 bits per heavy atom. The number of piperidine rings is 1. The van der Waals surface area contributed by atoms with Crippen LogP contribution in [0.2, 0.25) is 5.02 Å². The molecule has 2 heterocycles. The second-order valence-corrected chi connectivity index (χ2v) is 6.95. The summed E-state index contributed by atoms with van der Waals surface area (Å²) < 4.78 is 5.50. The van der Waals surface area contributed by atoms with Crippen molar-refractivity contribution in [3.8, 4) is 5.88 Å². The smallest absolute Gasteiger partial charge is 0.308 e. The molecule has 0 aromatic carbocycles. The number of hydrogen-bond acceptors (Lipinski definition) is 4. The van der Waals surface area contributed by atoms with E-state index in [1.54, 1.807) is 11.8 Å². The third-order valence-corrected chi connectivity index (χ3v) is 4.44. The molecule has 1 N–H and O–H groups in total. The highest BCUT2D eigenvalue weighted by atomic mass is 35.5. The van der Waals surface area contributed by atoms with Gasteiger partial charge in [-0.1, -0.05) is 25.4 Å². The molecule has 1 fully saturated rings. The van der Waals surface area contributed by atoms with Crippen LogP contribution in [0.4, 0.5) is 0 Å². The van der Waals surface area contributed by atoms with Gasteiger partial charge in [0.05, 0.1) is 18.1 Å². The molecule has 132 valence electrons. The lowest BCUT2D eigenvalue weighted by atomic mass is 9.90. The van der Waals surface area contributed by atoms with Crippen molar-refractivity contribution in [2.45, 2.75) is 39.7 Å². The molecule has 1 saturated heterocycles. The maximum absolute atomic E-state index is 12.7. The molecule has 0 bridgehead atoms. The topological polar surface area (TPSA) is 79.7 Å². The number of pyridine rings is 1. The first-order valence-electron chi connectivity index (χ1n) is 8.13. The van der Waals surface area contributed by atoms with Crippen molar-refractivity contribution < 1.29 is 19.4 Å². The number of aromatic nitrogens is 1. The maximum Gasteiger partial charge on any atom is 0.308 e. The molecule has 1 aromatic rings. The predicted molar refractivity (Wildman–Crippen MR) is 90.4 cm³/mol. The van der Waals surface area contributed by atoms with Gasteiger partial charge in [0.2, 0.25) is 5.88 Å². The van der Waals surface area contributed by atoms with Crippen molar-refractivity contribution in [1.82, 2.24) is 9.88 Å². The average molecular weight is 355 g/mol. The SMILES string of the molecule is CC(C)COc1ncc(C(=O)N2CCC[C@H](C(=O)O)[C@@H]2C)cc1Cl. The summed E-state index contributed by atoms with van der Waals surface area (Å²) in [6.45, 7) is 6.83. The molecule has 6 nitrogen and oxygen atoms in total. The van der Waals surface area contributed by atoms with Gasteiger partial charge in [0.1, 0.15) is 5.02 Å². The number of aliphatic carboxylic acids is 1. The Morgan fingerprint density at radius 3 is 2.79 bits per heavy atom. The van der Waals surface area contributed by atoms with Crippen molar-refractivity contribution in [3.63, 3.8) is 0 Å². The van der Waals surface area contributed by atoms with Gasteiger partial charge in [-0.15, -0.1) is 0 Å². The monoisotopic (exact) mass is 354 g/mol. The fourth-order valence-corrected chi connectivity index (χ4v) is 3.04. The number of ether oxygens (including phenoxy) is 1. The van der Waals surface area contributed by atoms with Gasteiger partial charge in [0.15, 0.2) is 0 Å². The van der Waals surface area contributed by atoms with E-state index in [0.29, 0.717) is 43.4 Å². The highest BCUT2D eigenvalue weighted by Gasteiger charge is 2.35. The standard InChI is InChI=1S/C17H23ClN2O4/c1-10(2)9-24-15-14(18)7-12(8-19-15)16(21)20-6-4-5-13(11(20)3)17(22)23/h7-8,10-11,13H,4-6,9H2,1-3H3,(H,22,23)/t11-,13-/m0/s1. The summed E-state index contributed by atoms with van der Waals surface area (Å²) in [6.07, 6.45) is 2.69. The second kappa shape index (κ2) is 7.83. The van der Waals surface area contributed by atoms with Crippen LogP contribution in [-0.2, 0) is 4.79 Å². The van der Waals surface area contributed by atoms with Gasteiger partial charge in [-0.25, -0.2) is 4.98 Å². The highest BCUT2D eigenvalue weighted by molar-refractivity contribution is 6.32. The normalized spacial score (nSPS) is 21.0. The van der Waals surface area contributed by atoms with E-state index in [0.717, 1.165) is 0 Å². The van der Waals surface area contributed by atoms with E-state index in [-0.39, 0.29) is 17.0 Å². The molecular formula is C17H23ClN2O4. The Hall–Kier alpha value is -1.82. The molecule has 0 unspecified atom stereocenters. The van der Waals surface area contributed by atoms with Crippen LogP contribution in [0.15, 0.2) is 12.3 Å². The van der Waals surface area contributed by atoms with Crippen LogP contribution >= 0.6 is 11.6 Å². The molecule has 7 heteroatoms. The molecule has 24 heavy (non-hydrogen) atoms. The van der Waals surface area contributed by atoms with Crippen LogP contribution in [0.25, 0.3) is 0 Å².